The molecule has 3 aromatic carbocycles. The number of benzene rings is 3. The van der Waals surface area contributed by atoms with E-state index < -0.39 is 41.2 Å². The van der Waals surface area contributed by atoms with E-state index in [4.69, 9.17) is 11.6 Å². The Balaban J connectivity index is 1.52. The number of hydrogen-bond donors (Lipinski definition) is 4. The maximum atomic E-state index is 14.0. The van der Waals surface area contributed by atoms with Crippen molar-refractivity contribution in [2.24, 2.45) is 11.8 Å². The van der Waals surface area contributed by atoms with Crippen molar-refractivity contribution in [3.63, 3.8) is 0 Å². The van der Waals surface area contributed by atoms with E-state index in [2.05, 4.69) is 10.3 Å². The van der Waals surface area contributed by atoms with Crippen molar-refractivity contribution >= 4 is 46.0 Å². The number of phenols is 1. The van der Waals surface area contributed by atoms with Gasteiger partial charge in [-0.15, -0.1) is 0 Å². The molecule has 4 aromatic rings. The highest BCUT2D eigenvalue weighted by molar-refractivity contribution is 6.31. The smallest absolute Gasteiger partial charge is 0.325 e. The van der Waals surface area contributed by atoms with E-state index in [9.17, 15) is 24.6 Å². The summed E-state index contributed by atoms with van der Waals surface area (Å²) in [5.74, 6) is -4.73. The van der Waals surface area contributed by atoms with Crippen molar-refractivity contribution in [1.82, 2.24) is 10.3 Å². The lowest BCUT2D eigenvalue weighted by Crippen LogP contribution is -2.57. The third-order valence-corrected chi connectivity index (χ3v) is 7.79. The van der Waals surface area contributed by atoms with Crippen LogP contribution in [-0.2, 0) is 20.8 Å². The molecule has 0 bridgehead atoms. The van der Waals surface area contributed by atoms with E-state index in [0.29, 0.717) is 21.8 Å². The SMILES string of the molecule is O=C1[C@H]2[C@@H](C(=O)N1c1ccc(Cl)cc1)[C@@](Cc1c[nH]c3ccccc13)(C(=O)O)N[C@H]2c1ccccc1O. The van der Waals surface area contributed by atoms with Gasteiger partial charge in [-0.25, -0.2) is 4.90 Å². The van der Waals surface area contributed by atoms with Crippen LogP contribution in [0.3, 0.4) is 0 Å². The van der Waals surface area contributed by atoms with Crippen molar-refractivity contribution in [3.8, 4) is 5.75 Å². The predicted molar refractivity (Wildman–Crippen MR) is 137 cm³/mol. The molecule has 2 fully saturated rings. The van der Waals surface area contributed by atoms with E-state index in [1.165, 1.54) is 6.07 Å². The monoisotopic (exact) mass is 515 g/mol. The van der Waals surface area contributed by atoms with Gasteiger partial charge in [-0.05, 0) is 42.0 Å². The second kappa shape index (κ2) is 8.47. The summed E-state index contributed by atoms with van der Waals surface area (Å²) in [6.45, 7) is 0. The number of anilines is 1. The van der Waals surface area contributed by atoms with Crippen LogP contribution in [-0.4, -0.2) is 38.5 Å². The van der Waals surface area contributed by atoms with Crippen molar-refractivity contribution in [2.45, 2.75) is 18.0 Å². The molecule has 37 heavy (non-hydrogen) atoms. The van der Waals surface area contributed by atoms with Crippen LogP contribution in [0.5, 0.6) is 5.75 Å². The molecule has 0 saturated carbocycles. The van der Waals surface area contributed by atoms with Crippen LogP contribution >= 0.6 is 11.6 Å². The van der Waals surface area contributed by atoms with Crippen LogP contribution < -0.4 is 10.2 Å². The molecule has 6 rings (SSSR count). The number of aromatic amines is 1. The molecular weight excluding hydrogens is 494 g/mol. The molecular formula is C28H22ClN3O5. The van der Waals surface area contributed by atoms with Crippen LogP contribution in [0.4, 0.5) is 5.69 Å². The minimum absolute atomic E-state index is 0.0505. The van der Waals surface area contributed by atoms with Gasteiger partial charge in [-0.1, -0.05) is 48.0 Å². The minimum Gasteiger partial charge on any atom is -0.508 e. The number of nitrogens with zero attached hydrogens (tertiary/aromatic N) is 1. The minimum atomic E-state index is -1.81. The second-order valence-electron chi connectivity index (χ2n) is 9.49. The molecule has 186 valence electrons. The topological polar surface area (TPSA) is 123 Å². The lowest BCUT2D eigenvalue weighted by atomic mass is 9.76. The summed E-state index contributed by atoms with van der Waals surface area (Å²) in [5.41, 5.74) is 0.403. The standard InChI is InChI=1S/C28H22ClN3O5/c29-16-9-11-17(12-10-16)32-25(34)22-23(26(32)35)28(27(36)37,31-24(22)19-6-2-4-8-21(19)33)13-15-14-30-20-7-3-1-5-18(15)20/h1-12,14,22-24,30-31,33H,13H2,(H,36,37)/t22-,23-,24-,28-/m0/s1. The molecule has 9 heteroatoms. The number of amides is 2. The Kier molecular flexibility index (Phi) is 5.33. The maximum absolute atomic E-state index is 14.0. The Bertz CT molecular complexity index is 1570. The van der Waals surface area contributed by atoms with Gasteiger partial charge in [0.2, 0.25) is 11.8 Å². The summed E-state index contributed by atoms with van der Waals surface area (Å²) >= 11 is 6.01. The Morgan fingerprint density at radius 1 is 0.973 bits per heavy atom. The number of phenolic OH excluding ortho intramolecular Hbond substituents is 1. The summed E-state index contributed by atoms with van der Waals surface area (Å²) < 4.78 is 0. The van der Waals surface area contributed by atoms with E-state index >= 15 is 0 Å². The van der Waals surface area contributed by atoms with Crippen molar-refractivity contribution in [2.75, 3.05) is 4.90 Å². The first-order valence-corrected chi connectivity index (χ1v) is 12.2. The number of carboxylic acid groups (broad SMARTS) is 1. The number of aromatic hydroxyl groups is 1. The van der Waals surface area contributed by atoms with E-state index in [-0.39, 0.29) is 12.2 Å². The molecule has 2 amide bonds. The van der Waals surface area contributed by atoms with Gasteiger partial charge in [0.05, 0.1) is 17.5 Å². The molecule has 2 saturated heterocycles. The fourth-order valence-corrected chi connectivity index (χ4v) is 6.00. The molecule has 2 aliphatic rings. The summed E-state index contributed by atoms with van der Waals surface area (Å²) in [6, 6.07) is 19.3. The van der Waals surface area contributed by atoms with Crippen molar-refractivity contribution < 1.29 is 24.6 Å². The van der Waals surface area contributed by atoms with E-state index in [1.54, 1.807) is 48.7 Å². The van der Waals surface area contributed by atoms with E-state index in [1.807, 2.05) is 24.3 Å². The highest BCUT2D eigenvalue weighted by Crippen LogP contribution is 2.52. The molecule has 4 N–H and O–H groups in total. The van der Waals surface area contributed by atoms with Crippen LogP contribution in [0.1, 0.15) is 17.2 Å². The zero-order valence-electron chi connectivity index (χ0n) is 19.4. The van der Waals surface area contributed by atoms with Crippen LogP contribution in [0.25, 0.3) is 10.9 Å². The molecule has 0 spiro atoms. The highest BCUT2D eigenvalue weighted by atomic mass is 35.5. The number of rotatable bonds is 5. The fraction of sp³-hybridized carbons (Fsp3) is 0.179. The quantitative estimate of drug-likeness (QED) is 0.297. The maximum Gasteiger partial charge on any atom is 0.325 e. The van der Waals surface area contributed by atoms with Gasteiger partial charge in [0.15, 0.2) is 0 Å². The van der Waals surface area contributed by atoms with Gasteiger partial charge >= 0.3 is 5.97 Å². The molecule has 3 heterocycles. The summed E-state index contributed by atoms with van der Waals surface area (Å²) in [4.78, 5) is 45.1. The number of aliphatic carboxylic acids is 1. The lowest BCUT2D eigenvalue weighted by Gasteiger charge is -2.31. The van der Waals surface area contributed by atoms with Gasteiger partial charge < -0.3 is 15.2 Å². The Morgan fingerprint density at radius 3 is 2.41 bits per heavy atom. The fourth-order valence-electron chi connectivity index (χ4n) is 5.88. The third kappa shape index (κ3) is 3.44. The summed E-state index contributed by atoms with van der Waals surface area (Å²) in [5, 5.41) is 25.7. The number of para-hydroxylation sites is 2. The number of carbonyl (C=O) groups excluding carboxylic acids is 2. The van der Waals surface area contributed by atoms with Crippen LogP contribution in [0.2, 0.25) is 5.02 Å². The second-order valence-corrected chi connectivity index (χ2v) is 9.92. The number of H-pyrrole nitrogens is 1. The van der Waals surface area contributed by atoms with Crippen LogP contribution in [0.15, 0.2) is 79.0 Å². The first-order chi connectivity index (χ1) is 17.8. The largest absolute Gasteiger partial charge is 0.508 e. The van der Waals surface area contributed by atoms with E-state index in [0.717, 1.165) is 15.8 Å². The van der Waals surface area contributed by atoms with Crippen LogP contribution in [0, 0.1) is 11.8 Å². The predicted octanol–water partition coefficient (Wildman–Crippen LogP) is 4.04. The van der Waals surface area contributed by atoms with Gasteiger partial charge in [0.25, 0.3) is 0 Å². The Hall–Kier alpha value is -4.14. The molecule has 0 unspecified atom stereocenters. The van der Waals surface area contributed by atoms with Crippen molar-refractivity contribution in [1.29, 1.82) is 0 Å². The molecule has 0 aliphatic carbocycles. The lowest BCUT2D eigenvalue weighted by molar-refractivity contribution is -0.148. The Labute approximate surface area is 216 Å². The van der Waals surface area contributed by atoms with Gasteiger partial charge in [-0.2, -0.15) is 0 Å². The molecule has 1 aromatic heterocycles. The highest BCUT2D eigenvalue weighted by Gasteiger charge is 2.69. The number of aromatic nitrogens is 1. The number of carbonyl (C=O) groups is 3. The summed E-state index contributed by atoms with van der Waals surface area (Å²) in [7, 11) is 0. The summed E-state index contributed by atoms with van der Waals surface area (Å²) in [6.07, 6.45) is 1.68. The molecule has 0 radical (unpaired) electrons. The molecule has 8 nitrogen and oxygen atoms in total. The van der Waals surface area contributed by atoms with Gasteiger partial charge in [-0.3, -0.25) is 19.7 Å². The first kappa shape index (κ1) is 23.3. The zero-order valence-corrected chi connectivity index (χ0v) is 20.1. The van der Waals surface area contributed by atoms with Gasteiger partial charge in [0.1, 0.15) is 11.3 Å². The number of halogens is 1. The number of nitrogens with one attached hydrogen (secondary N) is 2. The Morgan fingerprint density at radius 2 is 1.68 bits per heavy atom. The zero-order chi connectivity index (χ0) is 25.9. The normalized spacial score (nSPS) is 25.1. The number of hydrogen-bond acceptors (Lipinski definition) is 5. The molecule has 2 aliphatic heterocycles. The average molecular weight is 516 g/mol. The average Bonchev–Trinajstić information content (AvgIpc) is 3.53. The first-order valence-electron chi connectivity index (χ1n) is 11.8. The third-order valence-electron chi connectivity index (χ3n) is 7.54. The van der Waals surface area contributed by atoms with Crippen molar-refractivity contribution in [3.05, 3.63) is 95.1 Å². The molecule has 4 atom stereocenters. The number of carboxylic acids is 1. The van der Waals surface area contributed by atoms with Gasteiger partial charge in [0, 0.05) is 40.1 Å². The number of fused-ring (bicyclic) bond motifs is 2. The number of imide groups is 1.